The van der Waals surface area contributed by atoms with Crippen LogP contribution in [0.5, 0.6) is 17.2 Å². The standard InChI is InChI=1S/C23H22FN3O7/c1-4-33-23(30)22-19(12-21(29)27(26-22)15-7-5-14(24)6-8-15)34-13-20(28)25-17-11-16(31-2)9-10-18(17)32-3/h5-12H,4,13H2,1-3H3,(H,25,28). The summed E-state index contributed by atoms with van der Waals surface area (Å²) in [5.74, 6) is -1.30. The molecule has 1 N–H and O–H groups in total. The second-order valence-electron chi connectivity index (χ2n) is 6.71. The number of benzene rings is 2. The molecule has 0 fully saturated rings. The number of hydrogen-bond donors (Lipinski definition) is 1. The Kier molecular flexibility index (Phi) is 7.80. The summed E-state index contributed by atoms with van der Waals surface area (Å²) < 4.78 is 34.9. The number of aromatic nitrogens is 2. The topological polar surface area (TPSA) is 118 Å². The fraction of sp³-hybridized carbons (Fsp3) is 0.217. The lowest BCUT2D eigenvalue weighted by Gasteiger charge is -2.14. The van der Waals surface area contributed by atoms with Crippen molar-refractivity contribution in [1.29, 1.82) is 0 Å². The number of ether oxygens (including phenoxy) is 4. The monoisotopic (exact) mass is 471 g/mol. The molecule has 2 aromatic carbocycles. The number of methoxy groups -OCH3 is 2. The van der Waals surface area contributed by atoms with Crippen LogP contribution in [0, 0.1) is 5.82 Å². The highest BCUT2D eigenvalue weighted by atomic mass is 19.1. The molecular formula is C23H22FN3O7. The van der Waals surface area contributed by atoms with Crippen LogP contribution in [0.4, 0.5) is 10.1 Å². The van der Waals surface area contributed by atoms with E-state index in [4.69, 9.17) is 18.9 Å². The van der Waals surface area contributed by atoms with Crippen LogP contribution in [-0.2, 0) is 9.53 Å². The van der Waals surface area contributed by atoms with Crippen LogP contribution in [0.2, 0.25) is 0 Å². The molecule has 1 heterocycles. The first kappa shape index (κ1) is 24.2. The minimum atomic E-state index is -0.858. The van der Waals surface area contributed by atoms with Crippen molar-refractivity contribution in [2.45, 2.75) is 6.92 Å². The fourth-order valence-electron chi connectivity index (χ4n) is 2.90. The predicted molar refractivity (Wildman–Crippen MR) is 119 cm³/mol. The van der Waals surface area contributed by atoms with Crippen molar-refractivity contribution in [3.8, 4) is 22.9 Å². The Morgan fingerprint density at radius 1 is 1.03 bits per heavy atom. The summed E-state index contributed by atoms with van der Waals surface area (Å²) in [5, 5.41) is 6.63. The molecule has 1 amide bonds. The van der Waals surface area contributed by atoms with Gasteiger partial charge in [0.05, 0.1) is 38.3 Å². The van der Waals surface area contributed by atoms with E-state index in [1.807, 2.05) is 0 Å². The molecule has 3 rings (SSSR count). The molecule has 34 heavy (non-hydrogen) atoms. The van der Waals surface area contributed by atoms with Crippen molar-refractivity contribution in [2.24, 2.45) is 0 Å². The largest absolute Gasteiger partial charge is 0.497 e. The number of nitrogens with one attached hydrogen (secondary N) is 1. The lowest BCUT2D eigenvalue weighted by Crippen LogP contribution is -2.27. The molecule has 3 aromatic rings. The van der Waals surface area contributed by atoms with E-state index in [1.165, 1.54) is 26.4 Å². The summed E-state index contributed by atoms with van der Waals surface area (Å²) in [4.78, 5) is 37.5. The van der Waals surface area contributed by atoms with Gasteiger partial charge in [0.1, 0.15) is 17.3 Å². The zero-order valence-electron chi connectivity index (χ0n) is 18.7. The average molecular weight is 471 g/mol. The molecule has 10 nitrogen and oxygen atoms in total. The highest BCUT2D eigenvalue weighted by Crippen LogP contribution is 2.28. The fourth-order valence-corrected chi connectivity index (χ4v) is 2.90. The van der Waals surface area contributed by atoms with Crippen molar-refractivity contribution in [3.63, 3.8) is 0 Å². The quantitative estimate of drug-likeness (QED) is 0.473. The number of amides is 1. The summed E-state index contributed by atoms with van der Waals surface area (Å²) in [6, 6.07) is 10.8. The van der Waals surface area contributed by atoms with Crippen LogP contribution < -0.4 is 25.1 Å². The summed E-state index contributed by atoms with van der Waals surface area (Å²) >= 11 is 0. The van der Waals surface area contributed by atoms with Crippen LogP contribution in [0.3, 0.4) is 0 Å². The van der Waals surface area contributed by atoms with Gasteiger partial charge in [0, 0.05) is 6.07 Å². The average Bonchev–Trinajstić information content (AvgIpc) is 2.83. The van der Waals surface area contributed by atoms with Crippen molar-refractivity contribution >= 4 is 17.6 Å². The van der Waals surface area contributed by atoms with E-state index in [1.54, 1.807) is 25.1 Å². The Labute approximate surface area is 193 Å². The zero-order valence-corrected chi connectivity index (χ0v) is 18.7. The number of halogens is 1. The molecule has 11 heteroatoms. The maximum atomic E-state index is 13.2. The van der Waals surface area contributed by atoms with Gasteiger partial charge in [-0.1, -0.05) is 0 Å². The normalized spacial score (nSPS) is 10.4. The molecule has 178 valence electrons. The first-order valence-electron chi connectivity index (χ1n) is 10.1. The highest BCUT2D eigenvalue weighted by Gasteiger charge is 2.21. The Morgan fingerprint density at radius 2 is 1.76 bits per heavy atom. The second-order valence-corrected chi connectivity index (χ2v) is 6.71. The third kappa shape index (κ3) is 5.68. The van der Waals surface area contributed by atoms with E-state index in [0.717, 1.165) is 22.9 Å². The Hall–Kier alpha value is -4.41. The van der Waals surface area contributed by atoms with E-state index in [2.05, 4.69) is 10.4 Å². The van der Waals surface area contributed by atoms with Crippen LogP contribution in [-0.4, -0.2) is 49.1 Å². The van der Waals surface area contributed by atoms with E-state index < -0.39 is 29.9 Å². The maximum absolute atomic E-state index is 13.2. The molecule has 0 aliphatic heterocycles. The zero-order chi connectivity index (χ0) is 24.7. The third-order valence-electron chi connectivity index (χ3n) is 4.48. The van der Waals surface area contributed by atoms with Crippen molar-refractivity contribution in [3.05, 3.63) is 70.4 Å². The minimum Gasteiger partial charge on any atom is -0.497 e. The summed E-state index contributed by atoms with van der Waals surface area (Å²) in [6.45, 7) is 1.10. The number of carbonyl (C=O) groups is 2. The van der Waals surface area contributed by atoms with Crippen LogP contribution in [0.15, 0.2) is 53.3 Å². The van der Waals surface area contributed by atoms with Crippen molar-refractivity contribution < 1.29 is 32.9 Å². The van der Waals surface area contributed by atoms with Crippen LogP contribution in [0.25, 0.3) is 5.69 Å². The lowest BCUT2D eigenvalue weighted by atomic mass is 10.2. The third-order valence-corrected chi connectivity index (χ3v) is 4.48. The number of esters is 1. The van der Waals surface area contributed by atoms with Gasteiger partial charge >= 0.3 is 5.97 Å². The molecule has 1 aromatic heterocycles. The van der Waals surface area contributed by atoms with Crippen LogP contribution >= 0.6 is 0 Å². The molecule has 0 bridgehead atoms. The molecule has 0 saturated carbocycles. The summed E-state index contributed by atoms with van der Waals surface area (Å²) in [5.41, 5.74) is -0.417. The molecular weight excluding hydrogens is 449 g/mol. The number of rotatable bonds is 9. The first-order chi connectivity index (χ1) is 16.4. The van der Waals surface area contributed by atoms with Gasteiger partial charge in [-0.25, -0.2) is 9.18 Å². The molecule has 0 saturated heterocycles. The lowest BCUT2D eigenvalue weighted by molar-refractivity contribution is -0.118. The SMILES string of the molecule is CCOC(=O)c1nn(-c2ccc(F)cc2)c(=O)cc1OCC(=O)Nc1cc(OC)ccc1OC. The van der Waals surface area contributed by atoms with Gasteiger partial charge in [0.2, 0.25) is 5.69 Å². The number of nitrogens with zero attached hydrogens (tertiary/aromatic N) is 2. The molecule has 0 aliphatic carbocycles. The molecule has 0 aliphatic rings. The predicted octanol–water partition coefficient (Wildman–Crippen LogP) is 2.58. The van der Waals surface area contributed by atoms with Gasteiger partial charge in [-0.05, 0) is 43.3 Å². The Bertz CT molecular complexity index is 1240. The van der Waals surface area contributed by atoms with Crippen molar-refractivity contribution in [2.75, 3.05) is 32.8 Å². The number of hydrogen-bond acceptors (Lipinski definition) is 8. The van der Waals surface area contributed by atoms with Crippen molar-refractivity contribution in [1.82, 2.24) is 9.78 Å². The van der Waals surface area contributed by atoms with Gasteiger partial charge in [0.15, 0.2) is 12.4 Å². The molecule has 0 radical (unpaired) electrons. The molecule has 0 unspecified atom stereocenters. The number of carbonyl (C=O) groups excluding carboxylic acids is 2. The maximum Gasteiger partial charge on any atom is 0.362 e. The first-order valence-corrected chi connectivity index (χ1v) is 10.1. The molecule has 0 atom stereocenters. The van der Waals surface area contributed by atoms with E-state index in [0.29, 0.717) is 17.2 Å². The second kappa shape index (κ2) is 10.9. The Balaban J connectivity index is 1.85. The van der Waals surface area contributed by atoms with Gasteiger partial charge in [0.25, 0.3) is 11.5 Å². The van der Waals surface area contributed by atoms with Gasteiger partial charge in [-0.2, -0.15) is 9.78 Å². The smallest absolute Gasteiger partial charge is 0.362 e. The number of anilines is 1. The summed E-state index contributed by atoms with van der Waals surface area (Å²) in [6.07, 6.45) is 0. The van der Waals surface area contributed by atoms with Crippen LogP contribution in [0.1, 0.15) is 17.4 Å². The highest BCUT2D eigenvalue weighted by molar-refractivity contribution is 5.94. The minimum absolute atomic E-state index is 0.0474. The van der Waals surface area contributed by atoms with E-state index >= 15 is 0 Å². The van der Waals surface area contributed by atoms with E-state index in [-0.39, 0.29) is 23.7 Å². The van der Waals surface area contributed by atoms with Gasteiger partial charge in [-0.3, -0.25) is 9.59 Å². The van der Waals surface area contributed by atoms with E-state index in [9.17, 15) is 18.8 Å². The van der Waals surface area contributed by atoms with Gasteiger partial charge in [-0.15, -0.1) is 0 Å². The Morgan fingerprint density at radius 3 is 2.41 bits per heavy atom. The van der Waals surface area contributed by atoms with Gasteiger partial charge < -0.3 is 24.3 Å². The summed E-state index contributed by atoms with van der Waals surface area (Å²) in [7, 11) is 2.93. The molecule has 0 spiro atoms.